The van der Waals surface area contributed by atoms with E-state index < -0.39 is 10.0 Å². The summed E-state index contributed by atoms with van der Waals surface area (Å²) in [6.07, 6.45) is 0. The molecular formula is C13H23N3O2S. The molecule has 0 aromatic heterocycles. The van der Waals surface area contributed by atoms with Crippen LogP contribution in [0, 0.1) is 6.92 Å². The smallest absolute Gasteiger partial charge is 0.240 e. The van der Waals surface area contributed by atoms with Gasteiger partial charge < -0.3 is 10.6 Å². The highest BCUT2D eigenvalue weighted by molar-refractivity contribution is 7.89. The molecule has 108 valence electrons. The minimum atomic E-state index is -3.45. The predicted octanol–water partition coefficient (Wildman–Crippen LogP) is 0.682. The van der Waals surface area contributed by atoms with Crippen LogP contribution in [0.15, 0.2) is 23.1 Å². The van der Waals surface area contributed by atoms with Gasteiger partial charge >= 0.3 is 0 Å². The second-order valence-corrected chi connectivity index (χ2v) is 6.72. The van der Waals surface area contributed by atoms with Gasteiger partial charge in [-0.05, 0) is 51.2 Å². The average Bonchev–Trinajstić information content (AvgIpc) is 2.35. The van der Waals surface area contributed by atoms with E-state index in [1.807, 2.05) is 32.8 Å². The molecule has 0 bridgehead atoms. The summed E-state index contributed by atoms with van der Waals surface area (Å²) < 4.78 is 26.9. The van der Waals surface area contributed by atoms with Crippen molar-refractivity contribution in [2.24, 2.45) is 5.73 Å². The van der Waals surface area contributed by atoms with Crippen molar-refractivity contribution in [3.05, 3.63) is 29.3 Å². The Morgan fingerprint density at radius 3 is 2.47 bits per heavy atom. The third-order valence-electron chi connectivity index (χ3n) is 3.29. The minimum absolute atomic E-state index is 0.138. The second kappa shape index (κ2) is 6.47. The average molecular weight is 285 g/mol. The van der Waals surface area contributed by atoms with Crippen molar-refractivity contribution in [2.75, 3.05) is 20.6 Å². The van der Waals surface area contributed by atoms with E-state index in [9.17, 15) is 8.42 Å². The first kappa shape index (κ1) is 16.1. The molecule has 19 heavy (non-hydrogen) atoms. The second-order valence-electron chi connectivity index (χ2n) is 4.96. The van der Waals surface area contributed by atoms with Crippen LogP contribution in [0.5, 0.6) is 0 Å². The molecular weight excluding hydrogens is 262 g/mol. The number of rotatable bonds is 6. The topological polar surface area (TPSA) is 75.4 Å². The lowest BCUT2D eigenvalue weighted by atomic mass is 10.1. The van der Waals surface area contributed by atoms with Crippen molar-refractivity contribution in [1.82, 2.24) is 9.62 Å². The van der Waals surface area contributed by atoms with Crippen molar-refractivity contribution < 1.29 is 8.42 Å². The van der Waals surface area contributed by atoms with Crippen LogP contribution in [0.25, 0.3) is 0 Å². The summed E-state index contributed by atoms with van der Waals surface area (Å²) in [4.78, 5) is 2.25. The number of likely N-dealkylation sites (N-methyl/N-ethyl adjacent to an activating group) is 1. The van der Waals surface area contributed by atoms with E-state index in [0.717, 1.165) is 11.1 Å². The Hall–Kier alpha value is -0.950. The molecule has 0 aliphatic carbocycles. The van der Waals surface area contributed by atoms with Crippen molar-refractivity contribution in [2.45, 2.75) is 31.3 Å². The molecule has 6 heteroatoms. The normalized spacial score (nSPS) is 13.8. The third-order valence-corrected chi connectivity index (χ3v) is 4.72. The molecule has 1 atom stereocenters. The number of benzene rings is 1. The molecule has 1 aromatic rings. The highest BCUT2D eigenvalue weighted by atomic mass is 32.2. The van der Waals surface area contributed by atoms with Crippen LogP contribution in [0.4, 0.5) is 0 Å². The summed E-state index contributed by atoms with van der Waals surface area (Å²) in [5.74, 6) is 0. The van der Waals surface area contributed by atoms with Gasteiger partial charge in [0.05, 0.1) is 4.90 Å². The number of nitrogens with one attached hydrogen (secondary N) is 1. The molecule has 0 spiro atoms. The number of hydrogen-bond acceptors (Lipinski definition) is 4. The SMILES string of the molecule is Cc1cc(S(=O)(=O)NCC(C)N(C)C)ccc1CN. The van der Waals surface area contributed by atoms with Gasteiger partial charge in [-0.3, -0.25) is 0 Å². The molecule has 0 radical (unpaired) electrons. The first-order valence-corrected chi connectivity index (χ1v) is 7.72. The number of aryl methyl sites for hydroxylation is 1. The Morgan fingerprint density at radius 2 is 2.00 bits per heavy atom. The Kier molecular flexibility index (Phi) is 5.49. The quantitative estimate of drug-likeness (QED) is 0.806. The molecule has 0 heterocycles. The van der Waals surface area contributed by atoms with Crippen LogP contribution < -0.4 is 10.5 Å². The fourth-order valence-electron chi connectivity index (χ4n) is 1.56. The number of sulfonamides is 1. The maximum atomic E-state index is 12.2. The van der Waals surface area contributed by atoms with Gasteiger partial charge in [-0.1, -0.05) is 6.07 Å². The van der Waals surface area contributed by atoms with Crippen molar-refractivity contribution >= 4 is 10.0 Å². The number of nitrogens with two attached hydrogens (primary N) is 1. The maximum Gasteiger partial charge on any atom is 0.240 e. The van der Waals surface area contributed by atoms with Gasteiger partial charge in [0, 0.05) is 19.1 Å². The molecule has 3 N–H and O–H groups in total. The maximum absolute atomic E-state index is 12.2. The van der Waals surface area contributed by atoms with Crippen LogP contribution in [-0.4, -0.2) is 40.0 Å². The highest BCUT2D eigenvalue weighted by Gasteiger charge is 2.16. The lowest BCUT2D eigenvalue weighted by Gasteiger charge is -2.20. The van der Waals surface area contributed by atoms with E-state index in [1.54, 1.807) is 18.2 Å². The molecule has 0 fully saturated rings. The summed E-state index contributed by atoms with van der Waals surface area (Å²) in [5, 5.41) is 0. The summed E-state index contributed by atoms with van der Waals surface area (Å²) in [6, 6.07) is 5.15. The van der Waals surface area contributed by atoms with Crippen molar-refractivity contribution in [3.8, 4) is 0 Å². The zero-order chi connectivity index (χ0) is 14.6. The molecule has 0 saturated heterocycles. The van der Waals surface area contributed by atoms with Gasteiger partial charge in [0.25, 0.3) is 0 Å². The molecule has 1 aromatic carbocycles. The van der Waals surface area contributed by atoms with Crippen LogP contribution in [0.3, 0.4) is 0 Å². The van der Waals surface area contributed by atoms with Crippen LogP contribution in [0.2, 0.25) is 0 Å². The zero-order valence-corrected chi connectivity index (χ0v) is 12.8. The van der Waals surface area contributed by atoms with Gasteiger partial charge in [-0.25, -0.2) is 13.1 Å². The predicted molar refractivity (Wildman–Crippen MR) is 77.4 cm³/mol. The van der Waals surface area contributed by atoms with E-state index in [0.29, 0.717) is 13.1 Å². The standard InChI is InChI=1S/C13H23N3O2S/c1-10-7-13(6-5-12(10)8-14)19(17,18)15-9-11(2)16(3)4/h5-7,11,15H,8-9,14H2,1-4H3. The Labute approximate surface area is 115 Å². The van der Waals surface area contributed by atoms with Crippen molar-refractivity contribution in [1.29, 1.82) is 0 Å². The summed E-state index contributed by atoms with van der Waals surface area (Å²) in [5.41, 5.74) is 7.42. The van der Waals surface area contributed by atoms with Crippen LogP contribution >= 0.6 is 0 Å². The highest BCUT2D eigenvalue weighted by Crippen LogP contribution is 2.15. The molecule has 0 aliphatic rings. The fourth-order valence-corrected chi connectivity index (χ4v) is 2.77. The van der Waals surface area contributed by atoms with Gasteiger partial charge in [-0.2, -0.15) is 0 Å². The fraction of sp³-hybridized carbons (Fsp3) is 0.538. The summed E-state index contributed by atoms with van der Waals surface area (Å²) >= 11 is 0. The van der Waals surface area contributed by atoms with Gasteiger partial charge in [0.1, 0.15) is 0 Å². The lowest BCUT2D eigenvalue weighted by Crippen LogP contribution is -2.38. The molecule has 0 amide bonds. The summed E-state index contributed by atoms with van der Waals surface area (Å²) in [7, 11) is 0.378. The summed E-state index contributed by atoms with van der Waals surface area (Å²) in [6.45, 7) is 4.62. The van der Waals surface area contributed by atoms with E-state index in [1.165, 1.54) is 0 Å². The van der Waals surface area contributed by atoms with Crippen LogP contribution in [0.1, 0.15) is 18.1 Å². The van der Waals surface area contributed by atoms with E-state index >= 15 is 0 Å². The lowest BCUT2D eigenvalue weighted by molar-refractivity contribution is 0.314. The molecule has 1 rings (SSSR count). The van der Waals surface area contributed by atoms with E-state index in [2.05, 4.69) is 4.72 Å². The van der Waals surface area contributed by atoms with E-state index in [-0.39, 0.29) is 10.9 Å². The number of hydrogen-bond donors (Lipinski definition) is 2. The van der Waals surface area contributed by atoms with Gasteiger partial charge in [0.15, 0.2) is 0 Å². The molecule has 5 nitrogen and oxygen atoms in total. The first-order chi connectivity index (χ1) is 8.77. The number of nitrogens with zero attached hydrogens (tertiary/aromatic N) is 1. The van der Waals surface area contributed by atoms with Gasteiger partial charge in [0.2, 0.25) is 10.0 Å². The van der Waals surface area contributed by atoms with Crippen molar-refractivity contribution in [3.63, 3.8) is 0 Å². The Balaban J connectivity index is 2.86. The van der Waals surface area contributed by atoms with E-state index in [4.69, 9.17) is 5.73 Å². The monoisotopic (exact) mass is 285 g/mol. The Morgan fingerprint density at radius 1 is 1.37 bits per heavy atom. The Bertz CT molecular complexity index is 527. The minimum Gasteiger partial charge on any atom is -0.326 e. The van der Waals surface area contributed by atoms with Gasteiger partial charge in [-0.15, -0.1) is 0 Å². The van der Waals surface area contributed by atoms with Crippen LogP contribution in [-0.2, 0) is 16.6 Å². The third kappa shape index (κ3) is 4.28. The largest absolute Gasteiger partial charge is 0.326 e. The zero-order valence-electron chi connectivity index (χ0n) is 12.0. The first-order valence-electron chi connectivity index (χ1n) is 6.23. The molecule has 0 aliphatic heterocycles. The molecule has 1 unspecified atom stereocenters. The molecule has 0 saturated carbocycles.